The molecular weight excluding hydrogens is 440 g/mol. The predicted octanol–water partition coefficient (Wildman–Crippen LogP) is 5.18. The molecule has 2 atom stereocenters. The van der Waals surface area contributed by atoms with Gasteiger partial charge in [-0.15, -0.1) is 0 Å². The molecule has 0 spiro atoms. The van der Waals surface area contributed by atoms with Gasteiger partial charge in [0, 0.05) is 40.5 Å². The fraction of sp³-hybridized carbons (Fsp3) is 0.292. The lowest BCUT2D eigenvalue weighted by Crippen LogP contribution is -2.50. The van der Waals surface area contributed by atoms with Crippen LogP contribution in [0.2, 0.25) is 0 Å². The van der Waals surface area contributed by atoms with Gasteiger partial charge in [-0.3, -0.25) is 9.98 Å². The van der Waals surface area contributed by atoms with Gasteiger partial charge in [-0.25, -0.2) is 0 Å². The Morgan fingerprint density at radius 3 is 2.93 bits per heavy atom. The van der Waals surface area contributed by atoms with Crippen LogP contribution >= 0.6 is 15.9 Å². The monoisotopic (exact) mass is 460 g/mol. The maximum atomic E-state index is 9.45. The minimum absolute atomic E-state index is 0.0482. The van der Waals surface area contributed by atoms with Gasteiger partial charge in [0.2, 0.25) is 0 Å². The highest BCUT2D eigenvalue weighted by atomic mass is 79.9. The Hall–Kier alpha value is -2.75. The highest BCUT2D eigenvalue weighted by Gasteiger charge is 2.31. The molecule has 0 saturated carbocycles. The molecule has 1 saturated heterocycles. The summed E-state index contributed by atoms with van der Waals surface area (Å²) >= 11 is 3.55. The van der Waals surface area contributed by atoms with Crippen molar-refractivity contribution < 1.29 is 4.74 Å². The van der Waals surface area contributed by atoms with E-state index in [4.69, 9.17) is 9.73 Å². The number of benzene rings is 2. The quantitative estimate of drug-likeness (QED) is 0.528. The van der Waals surface area contributed by atoms with Gasteiger partial charge in [0.15, 0.2) is 0 Å². The SMILES string of the molecule is C[C@@H]1CN(c2ccc(C#N)c3ncccc23)C[C@H](C2=Nc3ccc(Br)cc3CC2)O1. The number of hydrogen-bond acceptors (Lipinski definition) is 5. The van der Waals surface area contributed by atoms with Crippen molar-refractivity contribution >= 4 is 43.9 Å². The minimum atomic E-state index is -0.0482. The van der Waals surface area contributed by atoms with Crippen molar-refractivity contribution in [3.8, 4) is 6.07 Å². The first-order valence-corrected chi connectivity index (χ1v) is 11.0. The molecule has 5 rings (SSSR count). The van der Waals surface area contributed by atoms with Crippen LogP contribution in [0.1, 0.15) is 24.5 Å². The molecule has 3 heterocycles. The second-order valence-corrected chi connectivity index (χ2v) is 8.78. The average molecular weight is 461 g/mol. The number of hydrogen-bond donors (Lipinski definition) is 0. The van der Waals surface area contributed by atoms with Crippen LogP contribution in [0.25, 0.3) is 10.9 Å². The second-order valence-electron chi connectivity index (χ2n) is 7.86. The number of rotatable bonds is 2. The van der Waals surface area contributed by atoms with Gasteiger partial charge >= 0.3 is 0 Å². The molecule has 0 unspecified atom stereocenters. The molecule has 0 aliphatic carbocycles. The summed E-state index contributed by atoms with van der Waals surface area (Å²) in [5, 5.41) is 10.5. The van der Waals surface area contributed by atoms with Crippen molar-refractivity contribution in [2.75, 3.05) is 18.0 Å². The summed E-state index contributed by atoms with van der Waals surface area (Å²) in [6.07, 6.45) is 3.66. The molecule has 1 fully saturated rings. The number of nitriles is 1. The van der Waals surface area contributed by atoms with E-state index in [0.29, 0.717) is 5.56 Å². The van der Waals surface area contributed by atoms with E-state index < -0.39 is 0 Å². The molecule has 2 aromatic carbocycles. The number of ether oxygens (including phenoxy) is 1. The molecule has 0 N–H and O–H groups in total. The van der Waals surface area contributed by atoms with Gasteiger partial charge in [0.25, 0.3) is 0 Å². The Morgan fingerprint density at radius 2 is 2.07 bits per heavy atom. The Balaban J connectivity index is 1.49. The van der Waals surface area contributed by atoms with Crippen LogP contribution in [0.5, 0.6) is 0 Å². The molecule has 6 heteroatoms. The van der Waals surface area contributed by atoms with E-state index in [0.717, 1.165) is 58.4 Å². The average Bonchev–Trinajstić information content (AvgIpc) is 2.77. The maximum absolute atomic E-state index is 9.45. The topological polar surface area (TPSA) is 61.5 Å². The van der Waals surface area contributed by atoms with Gasteiger partial charge in [-0.05, 0) is 67.8 Å². The number of nitrogens with zero attached hydrogens (tertiary/aromatic N) is 4. The van der Waals surface area contributed by atoms with Crippen LogP contribution in [-0.2, 0) is 11.2 Å². The summed E-state index contributed by atoms with van der Waals surface area (Å²) in [5.74, 6) is 0. The molecule has 0 amide bonds. The third-order valence-corrected chi connectivity index (χ3v) is 6.29. The molecule has 30 heavy (non-hydrogen) atoms. The summed E-state index contributed by atoms with van der Waals surface area (Å²) in [5.41, 5.74) is 5.88. The molecule has 5 nitrogen and oxygen atoms in total. The smallest absolute Gasteiger partial charge is 0.113 e. The van der Waals surface area contributed by atoms with Crippen molar-refractivity contribution in [1.82, 2.24) is 4.98 Å². The number of halogens is 1. The van der Waals surface area contributed by atoms with Crippen LogP contribution in [0.15, 0.2) is 58.1 Å². The molecule has 0 bridgehead atoms. The number of aliphatic imine (C=N–C) groups is 1. The van der Waals surface area contributed by atoms with Gasteiger partial charge in [-0.2, -0.15) is 5.26 Å². The van der Waals surface area contributed by atoms with Gasteiger partial charge in [0.1, 0.15) is 12.2 Å². The van der Waals surface area contributed by atoms with Crippen molar-refractivity contribution in [3.05, 3.63) is 64.3 Å². The lowest BCUT2D eigenvalue weighted by molar-refractivity contribution is 0.0196. The summed E-state index contributed by atoms with van der Waals surface area (Å²) in [4.78, 5) is 11.8. The van der Waals surface area contributed by atoms with Crippen molar-refractivity contribution in [2.24, 2.45) is 4.99 Å². The van der Waals surface area contributed by atoms with Crippen LogP contribution in [0, 0.1) is 11.3 Å². The first-order valence-electron chi connectivity index (χ1n) is 10.2. The predicted molar refractivity (Wildman–Crippen MR) is 123 cm³/mol. The summed E-state index contributed by atoms with van der Waals surface area (Å²) in [7, 11) is 0. The lowest BCUT2D eigenvalue weighted by atomic mass is 9.97. The number of anilines is 1. The third kappa shape index (κ3) is 3.49. The summed E-state index contributed by atoms with van der Waals surface area (Å²) in [6.45, 7) is 3.64. The third-order valence-electron chi connectivity index (χ3n) is 5.80. The Labute approximate surface area is 184 Å². The highest BCUT2D eigenvalue weighted by Crippen LogP contribution is 2.33. The number of aryl methyl sites for hydroxylation is 1. The van der Waals surface area contributed by atoms with E-state index in [1.807, 2.05) is 30.3 Å². The Morgan fingerprint density at radius 1 is 1.17 bits per heavy atom. The maximum Gasteiger partial charge on any atom is 0.113 e. The van der Waals surface area contributed by atoms with Crippen molar-refractivity contribution in [1.29, 1.82) is 5.26 Å². The molecule has 2 aliphatic heterocycles. The van der Waals surface area contributed by atoms with Crippen molar-refractivity contribution in [2.45, 2.75) is 32.0 Å². The van der Waals surface area contributed by atoms with Crippen LogP contribution in [0.4, 0.5) is 11.4 Å². The fourth-order valence-electron chi connectivity index (χ4n) is 4.43. The largest absolute Gasteiger partial charge is 0.366 e. The Kier molecular flexibility index (Phi) is 5.01. The van der Waals surface area contributed by atoms with Crippen LogP contribution in [-0.4, -0.2) is 36.0 Å². The standard InChI is InChI=1S/C24H21BrN4O/c1-15-13-29(22-9-5-17(12-26)24-19(22)3-2-10-27-24)14-23(30-15)21-7-4-16-11-18(25)6-8-20(16)28-21/h2-3,5-6,8-11,15,23H,4,7,13-14H2,1H3/t15-,23-/m1/s1. The van der Waals surface area contributed by atoms with E-state index >= 15 is 0 Å². The number of pyridine rings is 1. The minimum Gasteiger partial charge on any atom is -0.366 e. The first-order chi connectivity index (χ1) is 14.6. The van der Waals surface area contributed by atoms with Gasteiger partial charge < -0.3 is 9.64 Å². The number of fused-ring (bicyclic) bond motifs is 2. The van der Waals surface area contributed by atoms with Gasteiger partial charge in [-0.1, -0.05) is 15.9 Å². The van der Waals surface area contributed by atoms with E-state index in [-0.39, 0.29) is 12.2 Å². The zero-order valence-corrected chi connectivity index (χ0v) is 18.3. The molecule has 0 radical (unpaired) electrons. The fourth-order valence-corrected chi connectivity index (χ4v) is 4.83. The van der Waals surface area contributed by atoms with Crippen LogP contribution < -0.4 is 4.90 Å². The normalized spacial score (nSPS) is 21.1. The second kappa shape index (κ2) is 7.82. The zero-order chi connectivity index (χ0) is 20.7. The molecule has 150 valence electrons. The van der Waals surface area contributed by atoms with E-state index in [9.17, 15) is 5.26 Å². The number of aromatic nitrogens is 1. The molecule has 3 aromatic rings. The van der Waals surface area contributed by atoms with Crippen LogP contribution in [0.3, 0.4) is 0 Å². The Bertz CT molecular complexity index is 1200. The van der Waals surface area contributed by atoms with Crippen molar-refractivity contribution in [3.63, 3.8) is 0 Å². The van der Waals surface area contributed by atoms with Gasteiger partial charge in [0.05, 0.1) is 22.9 Å². The summed E-state index contributed by atoms with van der Waals surface area (Å²) in [6, 6.07) is 16.4. The lowest BCUT2D eigenvalue weighted by Gasteiger charge is -2.39. The zero-order valence-electron chi connectivity index (χ0n) is 16.7. The molecule has 2 aliphatic rings. The van der Waals surface area contributed by atoms with E-state index in [1.165, 1.54) is 5.56 Å². The summed E-state index contributed by atoms with van der Waals surface area (Å²) < 4.78 is 7.42. The highest BCUT2D eigenvalue weighted by molar-refractivity contribution is 9.10. The molecule has 1 aromatic heterocycles. The van der Waals surface area contributed by atoms with E-state index in [2.05, 4.69) is 50.9 Å². The van der Waals surface area contributed by atoms with E-state index in [1.54, 1.807) is 6.20 Å². The first kappa shape index (κ1) is 19.2. The number of morpholine rings is 1. The molecular formula is C24H21BrN4O.